The smallest absolute Gasteiger partial charge is 0.264 e. The normalized spacial score (nSPS) is 11.1. The third-order valence-corrected chi connectivity index (χ3v) is 6.65. The SMILES string of the molecule is O=C(CN(c1ccc(F)c(Cl)c1)S(=O)(=O)c1ccccc1)NCCOc1ccc(Cl)cc1. The summed E-state index contributed by atoms with van der Waals surface area (Å²) >= 11 is 11.7. The maximum Gasteiger partial charge on any atom is 0.264 e. The Bertz CT molecular complexity index is 1180. The number of anilines is 1. The van der Waals surface area contributed by atoms with Gasteiger partial charge in [-0.3, -0.25) is 9.10 Å². The Morgan fingerprint density at radius 3 is 2.34 bits per heavy atom. The molecule has 0 radical (unpaired) electrons. The van der Waals surface area contributed by atoms with Gasteiger partial charge in [-0.1, -0.05) is 41.4 Å². The van der Waals surface area contributed by atoms with Gasteiger partial charge in [0, 0.05) is 5.02 Å². The van der Waals surface area contributed by atoms with Crippen molar-refractivity contribution in [3.63, 3.8) is 0 Å². The minimum Gasteiger partial charge on any atom is -0.492 e. The fourth-order valence-corrected chi connectivity index (χ4v) is 4.49. The lowest BCUT2D eigenvalue weighted by atomic mass is 10.3. The predicted octanol–water partition coefficient (Wildman–Crippen LogP) is 4.52. The average Bonchev–Trinajstić information content (AvgIpc) is 2.79. The Labute approximate surface area is 195 Å². The van der Waals surface area contributed by atoms with E-state index in [0.717, 1.165) is 16.4 Å². The fourth-order valence-electron chi connectivity index (χ4n) is 2.75. The molecule has 32 heavy (non-hydrogen) atoms. The first-order chi connectivity index (χ1) is 15.3. The highest BCUT2D eigenvalue weighted by Crippen LogP contribution is 2.27. The zero-order valence-corrected chi connectivity index (χ0v) is 19.0. The second kappa shape index (κ2) is 10.7. The summed E-state index contributed by atoms with van der Waals surface area (Å²) in [6, 6.07) is 17.8. The van der Waals surface area contributed by atoms with Crippen LogP contribution in [-0.2, 0) is 14.8 Å². The molecule has 168 valence electrons. The molecule has 3 rings (SSSR count). The van der Waals surface area contributed by atoms with E-state index in [-0.39, 0.29) is 28.8 Å². The summed E-state index contributed by atoms with van der Waals surface area (Å²) in [5, 5.41) is 2.93. The van der Waals surface area contributed by atoms with Crippen molar-refractivity contribution in [2.24, 2.45) is 0 Å². The summed E-state index contributed by atoms with van der Waals surface area (Å²) < 4.78 is 46.4. The van der Waals surface area contributed by atoms with Gasteiger partial charge in [0.2, 0.25) is 5.91 Å². The van der Waals surface area contributed by atoms with Crippen LogP contribution in [0.25, 0.3) is 0 Å². The number of nitrogens with zero attached hydrogens (tertiary/aromatic N) is 1. The highest BCUT2D eigenvalue weighted by molar-refractivity contribution is 7.92. The molecule has 6 nitrogen and oxygen atoms in total. The number of sulfonamides is 1. The van der Waals surface area contributed by atoms with E-state index in [0.29, 0.717) is 10.8 Å². The van der Waals surface area contributed by atoms with Crippen molar-refractivity contribution in [2.45, 2.75) is 4.90 Å². The summed E-state index contributed by atoms with van der Waals surface area (Å²) in [5.74, 6) is -0.682. The summed E-state index contributed by atoms with van der Waals surface area (Å²) in [5.41, 5.74) is 0.0628. The topological polar surface area (TPSA) is 75.7 Å². The molecule has 0 saturated carbocycles. The zero-order chi connectivity index (χ0) is 23.1. The van der Waals surface area contributed by atoms with Crippen LogP contribution in [0.2, 0.25) is 10.0 Å². The van der Waals surface area contributed by atoms with Crippen LogP contribution in [0.4, 0.5) is 10.1 Å². The number of benzene rings is 3. The number of carbonyl (C=O) groups excluding carboxylic acids is 1. The molecule has 0 fully saturated rings. The van der Waals surface area contributed by atoms with E-state index >= 15 is 0 Å². The number of amides is 1. The average molecular weight is 497 g/mol. The van der Waals surface area contributed by atoms with Crippen molar-refractivity contribution in [1.29, 1.82) is 0 Å². The highest BCUT2D eigenvalue weighted by atomic mass is 35.5. The second-order valence-electron chi connectivity index (χ2n) is 6.58. The van der Waals surface area contributed by atoms with Gasteiger partial charge in [0.05, 0.1) is 22.2 Å². The molecule has 0 aliphatic rings. The van der Waals surface area contributed by atoms with Crippen LogP contribution in [0.5, 0.6) is 5.75 Å². The molecule has 0 aliphatic carbocycles. The predicted molar refractivity (Wildman–Crippen MR) is 122 cm³/mol. The van der Waals surface area contributed by atoms with Gasteiger partial charge in [0.1, 0.15) is 24.7 Å². The number of nitrogens with one attached hydrogen (secondary N) is 1. The number of hydrogen-bond donors (Lipinski definition) is 1. The van der Waals surface area contributed by atoms with Gasteiger partial charge >= 0.3 is 0 Å². The molecule has 3 aromatic carbocycles. The molecule has 0 unspecified atom stereocenters. The molecular weight excluding hydrogens is 478 g/mol. The third-order valence-electron chi connectivity index (χ3n) is 4.32. The van der Waals surface area contributed by atoms with E-state index in [9.17, 15) is 17.6 Å². The first kappa shape index (κ1) is 23.8. The van der Waals surface area contributed by atoms with Crippen LogP contribution in [0, 0.1) is 5.82 Å². The van der Waals surface area contributed by atoms with Crippen molar-refractivity contribution in [1.82, 2.24) is 5.32 Å². The molecule has 0 aliphatic heterocycles. The lowest BCUT2D eigenvalue weighted by Crippen LogP contribution is -2.42. The van der Waals surface area contributed by atoms with Crippen LogP contribution in [-0.4, -0.2) is 34.0 Å². The van der Waals surface area contributed by atoms with Gasteiger partial charge in [-0.25, -0.2) is 12.8 Å². The molecule has 10 heteroatoms. The number of hydrogen-bond acceptors (Lipinski definition) is 4. The molecular formula is C22H19Cl2FN2O4S. The monoisotopic (exact) mass is 496 g/mol. The quantitative estimate of drug-likeness (QED) is 0.441. The lowest BCUT2D eigenvalue weighted by Gasteiger charge is -2.24. The van der Waals surface area contributed by atoms with E-state index in [1.165, 1.54) is 18.2 Å². The van der Waals surface area contributed by atoms with Gasteiger partial charge in [0.25, 0.3) is 10.0 Å². The van der Waals surface area contributed by atoms with Crippen molar-refractivity contribution < 1.29 is 22.3 Å². The van der Waals surface area contributed by atoms with Crippen LogP contribution >= 0.6 is 23.2 Å². The molecule has 1 amide bonds. The minimum absolute atomic E-state index is 0.0145. The Kier molecular flexibility index (Phi) is 7.95. The van der Waals surface area contributed by atoms with Crippen molar-refractivity contribution in [3.8, 4) is 5.75 Å². The minimum atomic E-state index is -4.11. The van der Waals surface area contributed by atoms with E-state index in [1.54, 1.807) is 42.5 Å². The van der Waals surface area contributed by atoms with E-state index in [1.807, 2.05) is 0 Å². The Hall–Kier alpha value is -2.81. The summed E-state index contributed by atoms with van der Waals surface area (Å²) in [7, 11) is -4.11. The van der Waals surface area contributed by atoms with Gasteiger partial charge in [-0.2, -0.15) is 0 Å². The van der Waals surface area contributed by atoms with Crippen molar-refractivity contribution in [3.05, 3.63) is 88.7 Å². The van der Waals surface area contributed by atoms with Crippen molar-refractivity contribution in [2.75, 3.05) is 24.0 Å². The Morgan fingerprint density at radius 1 is 1.00 bits per heavy atom. The summed E-state index contributed by atoms with van der Waals surface area (Å²) in [6.07, 6.45) is 0. The largest absolute Gasteiger partial charge is 0.492 e. The standard InChI is InChI=1S/C22H19Cl2FN2O4S/c23-16-6-9-18(10-7-16)31-13-12-26-22(28)15-27(17-8-11-21(25)20(24)14-17)32(29,30)19-4-2-1-3-5-19/h1-11,14H,12-13,15H2,(H,26,28). The fraction of sp³-hybridized carbons (Fsp3) is 0.136. The van der Waals surface area contributed by atoms with Gasteiger partial charge in [-0.05, 0) is 54.6 Å². The molecule has 0 saturated heterocycles. The molecule has 3 aromatic rings. The maximum absolute atomic E-state index is 13.6. The number of ether oxygens (including phenoxy) is 1. The molecule has 0 spiro atoms. The Morgan fingerprint density at radius 2 is 1.69 bits per heavy atom. The second-order valence-corrected chi connectivity index (χ2v) is 9.28. The van der Waals surface area contributed by atoms with Gasteiger partial charge in [0.15, 0.2) is 0 Å². The van der Waals surface area contributed by atoms with E-state index < -0.39 is 28.3 Å². The highest BCUT2D eigenvalue weighted by Gasteiger charge is 2.27. The first-order valence-corrected chi connectivity index (χ1v) is 11.6. The van der Waals surface area contributed by atoms with Crippen LogP contribution in [0.1, 0.15) is 0 Å². The van der Waals surface area contributed by atoms with E-state index in [2.05, 4.69) is 5.32 Å². The Balaban J connectivity index is 1.71. The summed E-state index contributed by atoms with van der Waals surface area (Å²) in [6.45, 7) is -0.216. The van der Waals surface area contributed by atoms with Crippen LogP contribution < -0.4 is 14.4 Å². The van der Waals surface area contributed by atoms with Crippen LogP contribution in [0.3, 0.4) is 0 Å². The summed E-state index contributed by atoms with van der Waals surface area (Å²) in [4.78, 5) is 12.5. The first-order valence-electron chi connectivity index (χ1n) is 9.45. The molecule has 1 N–H and O–H groups in total. The van der Waals surface area contributed by atoms with Crippen LogP contribution in [0.15, 0.2) is 77.7 Å². The van der Waals surface area contributed by atoms with Crippen molar-refractivity contribution >= 4 is 44.8 Å². The number of halogens is 3. The molecule has 0 aromatic heterocycles. The third kappa shape index (κ3) is 6.12. The zero-order valence-electron chi connectivity index (χ0n) is 16.7. The molecule has 0 atom stereocenters. The number of rotatable bonds is 9. The molecule has 0 heterocycles. The van der Waals surface area contributed by atoms with E-state index in [4.69, 9.17) is 27.9 Å². The maximum atomic E-state index is 13.6. The lowest BCUT2D eigenvalue weighted by molar-refractivity contribution is -0.119. The molecule has 0 bridgehead atoms. The number of carbonyl (C=O) groups is 1. The van der Waals surface area contributed by atoms with Gasteiger partial charge < -0.3 is 10.1 Å². The van der Waals surface area contributed by atoms with Gasteiger partial charge in [-0.15, -0.1) is 0 Å².